The molecule has 0 spiro atoms. The fourth-order valence-corrected chi connectivity index (χ4v) is 2.28. The predicted molar refractivity (Wildman–Crippen MR) is 69.2 cm³/mol. The number of aliphatic hydroxyl groups is 1. The van der Waals surface area contributed by atoms with Gasteiger partial charge in [-0.15, -0.1) is 0 Å². The first-order valence-electron chi connectivity index (χ1n) is 6.22. The van der Waals surface area contributed by atoms with Crippen LogP contribution in [-0.2, 0) is 20.0 Å². The molecule has 2 rings (SSSR count). The van der Waals surface area contributed by atoms with E-state index in [4.69, 9.17) is 0 Å². The molecule has 5 nitrogen and oxygen atoms in total. The van der Waals surface area contributed by atoms with E-state index in [1.54, 1.807) is 0 Å². The number of aliphatic hydroxyl groups excluding tert-OH is 1. The van der Waals surface area contributed by atoms with Crippen LogP contribution < -0.4 is 0 Å². The van der Waals surface area contributed by atoms with Crippen molar-refractivity contribution in [2.45, 2.75) is 39.8 Å². The van der Waals surface area contributed by atoms with Gasteiger partial charge in [-0.2, -0.15) is 10.2 Å². The Labute approximate surface area is 107 Å². The highest BCUT2D eigenvalue weighted by molar-refractivity contribution is 5.28. The molecule has 98 valence electrons. The molecule has 0 saturated carbocycles. The molecule has 0 aromatic carbocycles. The van der Waals surface area contributed by atoms with E-state index in [2.05, 4.69) is 10.2 Å². The van der Waals surface area contributed by atoms with E-state index in [1.807, 2.05) is 49.6 Å². The number of rotatable bonds is 4. The summed E-state index contributed by atoms with van der Waals surface area (Å²) in [7, 11) is 1.90. The molecular formula is C13H20N4O. The molecule has 2 aromatic rings. The van der Waals surface area contributed by atoms with E-state index in [9.17, 15) is 5.11 Å². The van der Waals surface area contributed by atoms with E-state index in [-0.39, 0.29) is 0 Å². The van der Waals surface area contributed by atoms with Gasteiger partial charge in [0.15, 0.2) is 0 Å². The number of hydrogen-bond donors (Lipinski definition) is 1. The fraction of sp³-hybridized carbons (Fsp3) is 0.538. The third-order valence-corrected chi connectivity index (χ3v) is 3.34. The van der Waals surface area contributed by atoms with E-state index in [1.165, 1.54) is 0 Å². The number of aromatic nitrogens is 4. The van der Waals surface area contributed by atoms with Crippen LogP contribution in [0.5, 0.6) is 0 Å². The number of nitrogens with zero attached hydrogens (tertiary/aromatic N) is 4. The maximum Gasteiger partial charge on any atom is 0.0867 e. The lowest BCUT2D eigenvalue weighted by molar-refractivity contribution is 0.177. The predicted octanol–water partition coefficient (Wildman–Crippen LogP) is 1.53. The summed E-state index contributed by atoms with van der Waals surface area (Å²) in [6, 6.07) is 0. The average molecular weight is 248 g/mol. The van der Waals surface area contributed by atoms with Gasteiger partial charge in [0.1, 0.15) is 0 Å². The Morgan fingerprint density at radius 3 is 2.61 bits per heavy atom. The molecule has 0 aliphatic heterocycles. The van der Waals surface area contributed by atoms with Crippen molar-refractivity contribution in [3.8, 4) is 0 Å². The van der Waals surface area contributed by atoms with Crippen molar-refractivity contribution in [2.75, 3.05) is 0 Å². The zero-order chi connectivity index (χ0) is 13.3. The van der Waals surface area contributed by atoms with Crippen molar-refractivity contribution < 1.29 is 5.11 Å². The van der Waals surface area contributed by atoms with Gasteiger partial charge in [0.2, 0.25) is 0 Å². The third-order valence-electron chi connectivity index (χ3n) is 3.34. The third kappa shape index (κ3) is 2.31. The van der Waals surface area contributed by atoms with E-state index in [0.29, 0.717) is 6.42 Å². The van der Waals surface area contributed by atoms with Crippen LogP contribution in [0.2, 0.25) is 0 Å². The van der Waals surface area contributed by atoms with Gasteiger partial charge in [-0.3, -0.25) is 9.36 Å². The first kappa shape index (κ1) is 12.8. The molecule has 1 N–H and O–H groups in total. The van der Waals surface area contributed by atoms with Crippen LogP contribution >= 0.6 is 0 Å². The normalized spacial score (nSPS) is 12.9. The molecule has 0 aliphatic carbocycles. The topological polar surface area (TPSA) is 55.9 Å². The Morgan fingerprint density at radius 2 is 2.11 bits per heavy atom. The molecule has 1 atom stereocenters. The van der Waals surface area contributed by atoms with Gasteiger partial charge in [0, 0.05) is 37.5 Å². The van der Waals surface area contributed by atoms with Crippen LogP contribution in [0.4, 0.5) is 0 Å². The van der Waals surface area contributed by atoms with Crippen LogP contribution in [0.1, 0.15) is 35.5 Å². The van der Waals surface area contributed by atoms with Gasteiger partial charge in [-0.05, 0) is 26.3 Å². The number of aryl methyl sites for hydroxylation is 3. The fourth-order valence-electron chi connectivity index (χ4n) is 2.28. The smallest absolute Gasteiger partial charge is 0.0867 e. The van der Waals surface area contributed by atoms with Crippen molar-refractivity contribution in [3.63, 3.8) is 0 Å². The van der Waals surface area contributed by atoms with Crippen molar-refractivity contribution in [2.24, 2.45) is 7.05 Å². The Kier molecular flexibility index (Phi) is 3.52. The monoisotopic (exact) mass is 248 g/mol. The summed E-state index contributed by atoms with van der Waals surface area (Å²) >= 11 is 0. The Bertz CT molecular complexity index is 541. The van der Waals surface area contributed by atoms with Crippen LogP contribution in [0.25, 0.3) is 0 Å². The maximum absolute atomic E-state index is 10.3. The molecule has 18 heavy (non-hydrogen) atoms. The standard InChI is InChI=1S/C13H20N4O/c1-5-17-8-11(7-14-17)6-12(18)13-9(2)15-16(4)10(13)3/h7-8,12,18H,5-6H2,1-4H3. The van der Waals surface area contributed by atoms with Crippen molar-refractivity contribution in [1.29, 1.82) is 0 Å². The molecule has 2 heterocycles. The highest BCUT2D eigenvalue weighted by Crippen LogP contribution is 2.24. The molecule has 0 aliphatic rings. The molecule has 0 fully saturated rings. The summed E-state index contributed by atoms with van der Waals surface area (Å²) < 4.78 is 3.67. The van der Waals surface area contributed by atoms with E-state index < -0.39 is 6.10 Å². The minimum absolute atomic E-state index is 0.520. The van der Waals surface area contributed by atoms with E-state index in [0.717, 1.165) is 29.1 Å². The van der Waals surface area contributed by atoms with Crippen molar-refractivity contribution >= 4 is 0 Å². The Hall–Kier alpha value is -1.62. The molecule has 5 heteroatoms. The average Bonchev–Trinajstić information content (AvgIpc) is 2.85. The summed E-state index contributed by atoms with van der Waals surface area (Å²) in [6.07, 6.45) is 3.85. The highest BCUT2D eigenvalue weighted by Gasteiger charge is 2.18. The second-order valence-electron chi connectivity index (χ2n) is 4.63. The molecule has 0 amide bonds. The Balaban J connectivity index is 2.18. The molecule has 2 aromatic heterocycles. The summed E-state index contributed by atoms with van der Waals surface area (Å²) in [5.41, 5.74) is 3.89. The second-order valence-corrected chi connectivity index (χ2v) is 4.63. The minimum Gasteiger partial charge on any atom is -0.388 e. The maximum atomic E-state index is 10.3. The molecule has 0 radical (unpaired) electrons. The summed E-state index contributed by atoms with van der Waals surface area (Å²) in [6.45, 7) is 6.80. The van der Waals surface area contributed by atoms with Gasteiger partial charge >= 0.3 is 0 Å². The van der Waals surface area contributed by atoms with Gasteiger partial charge < -0.3 is 5.11 Å². The highest BCUT2D eigenvalue weighted by atomic mass is 16.3. The first-order valence-corrected chi connectivity index (χ1v) is 6.22. The van der Waals surface area contributed by atoms with Crippen LogP contribution in [0.15, 0.2) is 12.4 Å². The summed E-state index contributed by atoms with van der Waals surface area (Å²) in [4.78, 5) is 0. The van der Waals surface area contributed by atoms with Crippen LogP contribution in [0, 0.1) is 13.8 Å². The Morgan fingerprint density at radius 1 is 1.39 bits per heavy atom. The quantitative estimate of drug-likeness (QED) is 0.892. The van der Waals surface area contributed by atoms with Crippen LogP contribution in [0.3, 0.4) is 0 Å². The van der Waals surface area contributed by atoms with Crippen molar-refractivity contribution in [3.05, 3.63) is 34.9 Å². The largest absolute Gasteiger partial charge is 0.388 e. The molecule has 1 unspecified atom stereocenters. The summed E-state index contributed by atoms with van der Waals surface area (Å²) in [5, 5.41) is 18.9. The zero-order valence-electron chi connectivity index (χ0n) is 11.4. The first-order chi connectivity index (χ1) is 8.52. The van der Waals surface area contributed by atoms with Crippen LogP contribution in [-0.4, -0.2) is 24.7 Å². The second kappa shape index (κ2) is 4.94. The van der Waals surface area contributed by atoms with Gasteiger partial charge in [0.25, 0.3) is 0 Å². The lowest BCUT2D eigenvalue weighted by atomic mass is 10.0. The lowest BCUT2D eigenvalue weighted by Gasteiger charge is -2.10. The SMILES string of the molecule is CCn1cc(CC(O)c2c(C)nn(C)c2C)cn1. The molecule has 0 saturated heterocycles. The van der Waals surface area contributed by atoms with Crippen molar-refractivity contribution in [1.82, 2.24) is 19.6 Å². The molecule has 0 bridgehead atoms. The number of hydrogen-bond acceptors (Lipinski definition) is 3. The van der Waals surface area contributed by atoms with Gasteiger partial charge in [0.05, 0.1) is 18.0 Å². The zero-order valence-corrected chi connectivity index (χ0v) is 11.4. The lowest BCUT2D eigenvalue weighted by Crippen LogP contribution is -2.04. The van der Waals surface area contributed by atoms with Gasteiger partial charge in [-0.25, -0.2) is 0 Å². The molecular weight excluding hydrogens is 228 g/mol. The minimum atomic E-state index is -0.520. The van der Waals surface area contributed by atoms with E-state index >= 15 is 0 Å². The van der Waals surface area contributed by atoms with Gasteiger partial charge in [-0.1, -0.05) is 0 Å². The summed E-state index contributed by atoms with van der Waals surface area (Å²) in [5.74, 6) is 0.